The van der Waals surface area contributed by atoms with Crippen molar-refractivity contribution in [2.75, 3.05) is 0 Å². The van der Waals surface area contributed by atoms with Crippen LogP contribution in [-0.2, 0) is 11.2 Å². The molecule has 0 unspecified atom stereocenters. The van der Waals surface area contributed by atoms with E-state index in [0.29, 0.717) is 17.0 Å². The van der Waals surface area contributed by atoms with Crippen molar-refractivity contribution in [3.63, 3.8) is 0 Å². The summed E-state index contributed by atoms with van der Waals surface area (Å²) in [4.78, 5) is 11.2. The number of amides is 1. The fraction of sp³-hybridized carbons (Fsp3) is 0.333. The highest BCUT2D eigenvalue weighted by molar-refractivity contribution is 6.31. The van der Waals surface area contributed by atoms with Crippen LogP contribution < -0.4 is 5.73 Å². The van der Waals surface area contributed by atoms with Gasteiger partial charge in [-0.3, -0.25) is 4.79 Å². The Bertz CT molecular complexity index is 486. The molecule has 1 aliphatic carbocycles. The highest BCUT2D eigenvalue weighted by atomic mass is 35.5. The van der Waals surface area contributed by atoms with Gasteiger partial charge < -0.3 is 5.73 Å². The van der Waals surface area contributed by atoms with Crippen LogP contribution in [0.3, 0.4) is 0 Å². The van der Waals surface area contributed by atoms with Gasteiger partial charge in [-0.1, -0.05) is 17.7 Å². The molecule has 0 heterocycles. The Morgan fingerprint density at radius 3 is 2.75 bits per heavy atom. The zero-order chi connectivity index (χ0) is 11.8. The first-order valence-corrected chi connectivity index (χ1v) is 5.44. The third-order valence-electron chi connectivity index (χ3n) is 3.07. The second-order valence-corrected chi connectivity index (χ2v) is 4.65. The SMILES string of the molecule is N#Cc1cc(CC2(C(N)=O)CC2)ccc1Cl. The van der Waals surface area contributed by atoms with Gasteiger partial charge in [-0.2, -0.15) is 5.26 Å². The fourth-order valence-corrected chi connectivity index (χ4v) is 1.98. The van der Waals surface area contributed by atoms with Crippen LogP contribution in [0.15, 0.2) is 18.2 Å². The van der Waals surface area contributed by atoms with Crippen LogP contribution >= 0.6 is 11.6 Å². The number of carbonyl (C=O) groups is 1. The van der Waals surface area contributed by atoms with Crippen LogP contribution in [-0.4, -0.2) is 5.91 Å². The molecular weight excluding hydrogens is 224 g/mol. The first kappa shape index (κ1) is 11.0. The lowest BCUT2D eigenvalue weighted by molar-refractivity contribution is -0.123. The van der Waals surface area contributed by atoms with Crippen molar-refractivity contribution in [1.82, 2.24) is 0 Å². The summed E-state index contributed by atoms with van der Waals surface area (Å²) in [6.45, 7) is 0. The van der Waals surface area contributed by atoms with Crippen molar-refractivity contribution in [2.45, 2.75) is 19.3 Å². The molecule has 1 aliphatic rings. The van der Waals surface area contributed by atoms with Gasteiger partial charge in [0, 0.05) is 0 Å². The highest BCUT2D eigenvalue weighted by Gasteiger charge is 2.48. The van der Waals surface area contributed by atoms with Crippen LogP contribution in [0.4, 0.5) is 0 Å². The summed E-state index contributed by atoms with van der Waals surface area (Å²) >= 11 is 5.83. The molecule has 2 N–H and O–H groups in total. The predicted octanol–water partition coefficient (Wildman–Crippen LogP) is 2.02. The number of hydrogen-bond donors (Lipinski definition) is 1. The number of nitriles is 1. The maximum Gasteiger partial charge on any atom is 0.223 e. The Labute approximate surface area is 98.8 Å². The van der Waals surface area contributed by atoms with Crippen molar-refractivity contribution in [3.8, 4) is 6.07 Å². The van der Waals surface area contributed by atoms with Crippen molar-refractivity contribution in [3.05, 3.63) is 34.3 Å². The zero-order valence-electron chi connectivity index (χ0n) is 8.66. The molecule has 0 saturated heterocycles. The standard InChI is InChI=1S/C12H11ClN2O/c13-10-2-1-8(5-9(10)7-14)6-12(3-4-12)11(15)16/h1-2,5H,3-4,6H2,(H2,15,16). The molecule has 1 aromatic rings. The van der Waals surface area contributed by atoms with E-state index in [1.165, 1.54) is 0 Å². The van der Waals surface area contributed by atoms with Gasteiger partial charge >= 0.3 is 0 Å². The lowest BCUT2D eigenvalue weighted by Gasteiger charge is -2.10. The highest BCUT2D eigenvalue weighted by Crippen LogP contribution is 2.48. The lowest BCUT2D eigenvalue weighted by atomic mass is 9.95. The van der Waals surface area contributed by atoms with Gasteiger partial charge in [0.15, 0.2) is 0 Å². The Balaban J connectivity index is 2.24. The van der Waals surface area contributed by atoms with Gasteiger partial charge in [0.25, 0.3) is 0 Å². The van der Waals surface area contributed by atoms with Crippen molar-refractivity contribution >= 4 is 17.5 Å². The van der Waals surface area contributed by atoms with Gasteiger partial charge in [-0.25, -0.2) is 0 Å². The topological polar surface area (TPSA) is 66.9 Å². The number of nitrogens with zero attached hydrogens (tertiary/aromatic N) is 1. The third kappa shape index (κ3) is 1.89. The number of primary amides is 1. The molecule has 1 fully saturated rings. The van der Waals surface area contributed by atoms with E-state index in [2.05, 4.69) is 0 Å². The molecular formula is C12H11ClN2O. The van der Waals surface area contributed by atoms with Gasteiger partial charge in [0.05, 0.1) is 16.0 Å². The Hall–Kier alpha value is -1.53. The quantitative estimate of drug-likeness (QED) is 0.870. The number of benzene rings is 1. The van der Waals surface area contributed by atoms with Crippen LogP contribution in [0.1, 0.15) is 24.0 Å². The monoisotopic (exact) mass is 234 g/mol. The normalized spacial score (nSPS) is 16.5. The Kier molecular flexibility index (Phi) is 2.61. The zero-order valence-corrected chi connectivity index (χ0v) is 9.42. The number of rotatable bonds is 3. The number of hydrogen-bond acceptors (Lipinski definition) is 2. The van der Waals surface area contributed by atoms with E-state index >= 15 is 0 Å². The molecule has 0 aliphatic heterocycles. The maximum absolute atomic E-state index is 11.2. The van der Waals surface area contributed by atoms with Crippen LogP contribution in [0.5, 0.6) is 0 Å². The summed E-state index contributed by atoms with van der Waals surface area (Å²) in [6.07, 6.45) is 2.29. The maximum atomic E-state index is 11.2. The summed E-state index contributed by atoms with van der Waals surface area (Å²) < 4.78 is 0. The summed E-state index contributed by atoms with van der Waals surface area (Å²) in [7, 11) is 0. The molecule has 0 bridgehead atoms. The van der Waals surface area contributed by atoms with E-state index in [4.69, 9.17) is 22.6 Å². The molecule has 0 spiro atoms. The van der Waals surface area contributed by atoms with Crippen molar-refractivity contribution in [2.24, 2.45) is 11.1 Å². The lowest BCUT2D eigenvalue weighted by Crippen LogP contribution is -2.26. The predicted molar refractivity (Wildman–Crippen MR) is 60.7 cm³/mol. The van der Waals surface area contributed by atoms with Gasteiger partial charge in [0.2, 0.25) is 5.91 Å². The van der Waals surface area contributed by atoms with Gasteiger partial charge in [-0.05, 0) is 37.0 Å². The van der Waals surface area contributed by atoms with Crippen LogP contribution in [0.25, 0.3) is 0 Å². The van der Waals surface area contributed by atoms with Gasteiger partial charge in [0.1, 0.15) is 6.07 Å². The number of nitrogens with two attached hydrogens (primary N) is 1. The van der Waals surface area contributed by atoms with E-state index in [1.54, 1.807) is 12.1 Å². The summed E-state index contributed by atoms with van der Waals surface area (Å²) in [5.41, 5.74) is 6.36. The number of halogens is 1. The number of carbonyl (C=O) groups excluding carboxylic acids is 1. The summed E-state index contributed by atoms with van der Waals surface area (Å²) in [5.74, 6) is -0.249. The molecule has 0 atom stereocenters. The molecule has 0 radical (unpaired) electrons. The second-order valence-electron chi connectivity index (χ2n) is 4.25. The largest absolute Gasteiger partial charge is 0.369 e. The molecule has 1 amide bonds. The van der Waals surface area contributed by atoms with Crippen LogP contribution in [0, 0.1) is 16.7 Å². The average molecular weight is 235 g/mol. The Morgan fingerprint density at radius 1 is 1.56 bits per heavy atom. The first-order chi connectivity index (χ1) is 7.57. The van der Waals surface area contributed by atoms with Gasteiger partial charge in [-0.15, -0.1) is 0 Å². The summed E-state index contributed by atoms with van der Waals surface area (Å²) in [6, 6.07) is 7.28. The molecule has 2 rings (SSSR count). The van der Waals surface area contributed by atoms with Crippen molar-refractivity contribution in [1.29, 1.82) is 5.26 Å². The molecule has 4 heteroatoms. The van der Waals surface area contributed by atoms with Crippen LogP contribution in [0.2, 0.25) is 5.02 Å². The third-order valence-corrected chi connectivity index (χ3v) is 3.40. The van der Waals surface area contributed by atoms with E-state index in [1.807, 2.05) is 12.1 Å². The first-order valence-electron chi connectivity index (χ1n) is 5.06. The van der Waals surface area contributed by atoms with E-state index in [0.717, 1.165) is 18.4 Å². The molecule has 1 aromatic carbocycles. The minimum atomic E-state index is -0.374. The molecule has 3 nitrogen and oxygen atoms in total. The smallest absolute Gasteiger partial charge is 0.223 e. The molecule has 82 valence electrons. The van der Waals surface area contributed by atoms with E-state index in [-0.39, 0.29) is 11.3 Å². The Morgan fingerprint density at radius 2 is 2.25 bits per heavy atom. The fourth-order valence-electron chi connectivity index (χ4n) is 1.82. The molecule has 16 heavy (non-hydrogen) atoms. The van der Waals surface area contributed by atoms with E-state index < -0.39 is 0 Å². The average Bonchev–Trinajstić information content (AvgIpc) is 3.02. The second kappa shape index (κ2) is 3.80. The minimum Gasteiger partial charge on any atom is -0.369 e. The summed E-state index contributed by atoms with van der Waals surface area (Å²) in [5, 5.41) is 9.28. The van der Waals surface area contributed by atoms with E-state index in [9.17, 15) is 4.79 Å². The minimum absolute atomic E-state index is 0.249. The molecule has 1 saturated carbocycles. The van der Waals surface area contributed by atoms with Crippen molar-refractivity contribution < 1.29 is 4.79 Å². The molecule has 0 aromatic heterocycles.